The van der Waals surface area contributed by atoms with Crippen molar-refractivity contribution in [1.29, 1.82) is 0 Å². The van der Waals surface area contributed by atoms with Gasteiger partial charge >= 0.3 is 0 Å². The summed E-state index contributed by atoms with van der Waals surface area (Å²) < 4.78 is 12.6. The van der Waals surface area contributed by atoms with Crippen molar-refractivity contribution >= 4 is 16.6 Å². The highest BCUT2D eigenvalue weighted by molar-refractivity contribution is 7.86. The Kier molecular flexibility index (Phi) is 6.26. The third-order valence-corrected chi connectivity index (χ3v) is 4.76. The van der Waals surface area contributed by atoms with Gasteiger partial charge in [0.2, 0.25) is 0 Å². The van der Waals surface area contributed by atoms with Gasteiger partial charge in [-0.2, -0.15) is 0 Å². The first kappa shape index (κ1) is 16.8. The van der Waals surface area contributed by atoms with E-state index >= 15 is 0 Å². The molecule has 0 saturated carbocycles. The molecule has 0 heterocycles. The molecule has 110 valence electrons. The molecule has 1 rings (SSSR count). The van der Waals surface area contributed by atoms with Gasteiger partial charge in [0.15, 0.2) is 6.29 Å². The fraction of sp³-hybridized carbons (Fsp3) is 0.400. The summed E-state index contributed by atoms with van der Waals surface area (Å²) in [6, 6.07) is 7.12. The second-order valence-electron chi connectivity index (χ2n) is 4.65. The number of aliphatic hydroxyl groups excluding tert-OH is 1. The zero-order chi connectivity index (χ0) is 15.3. The Balaban J connectivity index is 3.10. The third-order valence-electron chi connectivity index (χ3n) is 2.96. The largest absolute Gasteiger partial charge is 0.368 e. The number of aliphatic hydroxyl groups is 2. The summed E-state index contributed by atoms with van der Waals surface area (Å²) in [4.78, 5) is 12.4. The Morgan fingerprint density at radius 3 is 2.25 bits per heavy atom. The van der Waals surface area contributed by atoms with Crippen LogP contribution in [-0.2, 0) is 15.6 Å². The summed E-state index contributed by atoms with van der Waals surface area (Å²) in [5.41, 5.74) is 1.52. The predicted octanol–water partition coefficient (Wildman–Crippen LogP) is 1.71. The summed E-state index contributed by atoms with van der Waals surface area (Å²) in [6.07, 6.45) is -0.0197. The van der Waals surface area contributed by atoms with Gasteiger partial charge in [-0.15, -0.1) is 0 Å². The summed E-state index contributed by atoms with van der Waals surface area (Å²) in [7, 11) is -1.55. The van der Waals surface area contributed by atoms with Crippen molar-refractivity contribution in [3.8, 4) is 0 Å². The molecule has 1 aromatic rings. The number of hydrogen-bond acceptors (Lipinski definition) is 4. The van der Waals surface area contributed by atoms with Crippen molar-refractivity contribution in [3.05, 3.63) is 41.5 Å². The minimum absolute atomic E-state index is 0.0850. The predicted molar refractivity (Wildman–Crippen MR) is 78.7 cm³/mol. The molecule has 0 saturated heterocycles. The number of rotatable bonds is 6. The Hall–Kier alpha value is -1.30. The van der Waals surface area contributed by atoms with Gasteiger partial charge < -0.3 is 10.2 Å². The Labute approximate surface area is 121 Å². The topological polar surface area (TPSA) is 74.6 Å². The molecule has 0 bridgehead atoms. The van der Waals surface area contributed by atoms with E-state index < -0.39 is 22.3 Å². The highest BCUT2D eigenvalue weighted by Gasteiger charge is 2.27. The van der Waals surface area contributed by atoms with Crippen LogP contribution in [0.5, 0.6) is 0 Å². The molecular formula is C15H20O4S. The third kappa shape index (κ3) is 4.37. The van der Waals surface area contributed by atoms with E-state index in [2.05, 4.69) is 0 Å². The number of benzene rings is 1. The number of aryl methyl sites for hydroxylation is 1. The smallest absolute Gasteiger partial charge is 0.155 e. The van der Waals surface area contributed by atoms with Gasteiger partial charge in [0.25, 0.3) is 0 Å². The first-order valence-electron chi connectivity index (χ1n) is 6.35. The van der Waals surface area contributed by atoms with E-state index in [0.717, 1.165) is 5.56 Å². The lowest BCUT2D eigenvalue weighted by Gasteiger charge is -2.18. The number of hydrogen-bond donors (Lipinski definition) is 2. The molecule has 0 spiro atoms. The summed E-state index contributed by atoms with van der Waals surface area (Å²) in [6.45, 7) is 4.98. The van der Waals surface area contributed by atoms with E-state index in [0.29, 0.717) is 10.5 Å². The maximum Gasteiger partial charge on any atom is 0.155 e. The van der Waals surface area contributed by atoms with E-state index in [9.17, 15) is 9.00 Å². The molecule has 0 aromatic heterocycles. The van der Waals surface area contributed by atoms with Crippen molar-refractivity contribution in [2.75, 3.05) is 0 Å². The van der Waals surface area contributed by atoms with E-state index in [4.69, 9.17) is 10.2 Å². The zero-order valence-corrected chi connectivity index (χ0v) is 12.7. The van der Waals surface area contributed by atoms with Gasteiger partial charge in [0.05, 0.1) is 10.8 Å². The lowest BCUT2D eigenvalue weighted by molar-refractivity contribution is -0.116. The van der Waals surface area contributed by atoms with Gasteiger partial charge in [-0.25, -0.2) is 0 Å². The summed E-state index contributed by atoms with van der Waals surface area (Å²) in [5.74, 6) is -0.252. The van der Waals surface area contributed by atoms with Crippen LogP contribution in [0, 0.1) is 6.92 Å². The van der Waals surface area contributed by atoms with Crippen LogP contribution in [0.15, 0.2) is 40.8 Å². The minimum atomic E-state index is -1.56. The van der Waals surface area contributed by atoms with Crippen molar-refractivity contribution in [3.63, 3.8) is 0 Å². The second-order valence-corrected chi connectivity index (χ2v) is 6.19. The van der Waals surface area contributed by atoms with Crippen LogP contribution in [0.1, 0.15) is 25.8 Å². The van der Waals surface area contributed by atoms with Crippen LogP contribution in [0.25, 0.3) is 0 Å². The molecule has 0 fully saturated rings. The van der Waals surface area contributed by atoms with Crippen LogP contribution in [-0.4, -0.2) is 31.7 Å². The average Bonchev–Trinajstić information content (AvgIpc) is 2.37. The SMILES string of the molecule is CC=C(CC(O)O)C(C(C)=O)S(=O)c1ccc(C)cc1. The fourth-order valence-corrected chi connectivity index (χ4v) is 3.43. The molecule has 2 atom stereocenters. The quantitative estimate of drug-likeness (QED) is 0.619. The van der Waals surface area contributed by atoms with Crippen LogP contribution in [0.4, 0.5) is 0 Å². The molecule has 2 N–H and O–H groups in total. The normalized spacial score (nSPS) is 15.2. The number of Topliss-reactive ketones (excluding diaryl/α,β-unsaturated/α-hetero) is 1. The van der Waals surface area contributed by atoms with Gasteiger partial charge in [0, 0.05) is 11.3 Å². The zero-order valence-electron chi connectivity index (χ0n) is 11.9. The van der Waals surface area contributed by atoms with Crippen molar-refractivity contribution in [2.24, 2.45) is 0 Å². The summed E-state index contributed by atoms with van der Waals surface area (Å²) >= 11 is 0. The van der Waals surface area contributed by atoms with E-state index in [1.807, 2.05) is 19.1 Å². The molecule has 5 heteroatoms. The van der Waals surface area contributed by atoms with Crippen molar-refractivity contribution in [2.45, 2.75) is 43.6 Å². The Morgan fingerprint density at radius 2 is 1.85 bits per heavy atom. The standard InChI is InChI=1S/C15H20O4S/c1-4-12(9-14(17)18)15(11(3)16)20(19)13-7-5-10(2)6-8-13/h4-8,14-15,17-18H,9H2,1-3H3. The van der Waals surface area contributed by atoms with E-state index in [-0.39, 0.29) is 12.2 Å². The number of allylic oxidation sites excluding steroid dienone is 1. The molecule has 4 nitrogen and oxygen atoms in total. The number of ketones is 1. The molecule has 0 aliphatic rings. The molecule has 2 unspecified atom stereocenters. The van der Waals surface area contributed by atoms with Crippen molar-refractivity contribution < 1.29 is 19.2 Å². The molecule has 0 aliphatic carbocycles. The lowest BCUT2D eigenvalue weighted by Crippen LogP contribution is -2.28. The molecule has 0 aliphatic heterocycles. The molecule has 1 aromatic carbocycles. The molecular weight excluding hydrogens is 276 g/mol. The minimum Gasteiger partial charge on any atom is -0.368 e. The molecule has 0 amide bonds. The fourth-order valence-electron chi connectivity index (χ4n) is 1.94. The van der Waals surface area contributed by atoms with Crippen LogP contribution in [0.3, 0.4) is 0 Å². The Bertz CT molecular complexity index is 517. The molecule has 0 radical (unpaired) electrons. The Morgan fingerprint density at radius 1 is 1.30 bits per heavy atom. The van der Waals surface area contributed by atoms with Gasteiger partial charge in [-0.05, 0) is 38.5 Å². The first-order valence-corrected chi connectivity index (χ1v) is 7.57. The van der Waals surface area contributed by atoms with Crippen LogP contribution < -0.4 is 0 Å². The van der Waals surface area contributed by atoms with Gasteiger partial charge in [-0.1, -0.05) is 23.8 Å². The first-order chi connectivity index (χ1) is 9.36. The number of carbonyl (C=O) groups is 1. The maximum atomic E-state index is 12.6. The summed E-state index contributed by atoms with van der Waals surface area (Å²) in [5, 5.41) is 17.3. The van der Waals surface area contributed by atoms with Gasteiger partial charge in [0.1, 0.15) is 11.0 Å². The maximum absolute atomic E-state index is 12.6. The lowest BCUT2D eigenvalue weighted by atomic mass is 10.1. The van der Waals surface area contributed by atoms with Crippen LogP contribution >= 0.6 is 0 Å². The monoisotopic (exact) mass is 296 g/mol. The molecule has 20 heavy (non-hydrogen) atoms. The second kappa shape index (κ2) is 7.47. The van der Waals surface area contributed by atoms with Crippen molar-refractivity contribution in [1.82, 2.24) is 0 Å². The van der Waals surface area contributed by atoms with E-state index in [1.54, 1.807) is 25.1 Å². The van der Waals surface area contributed by atoms with E-state index in [1.165, 1.54) is 6.92 Å². The van der Waals surface area contributed by atoms with Gasteiger partial charge in [-0.3, -0.25) is 9.00 Å². The highest BCUT2D eigenvalue weighted by Crippen LogP contribution is 2.22. The average molecular weight is 296 g/mol. The van der Waals surface area contributed by atoms with Crippen LogP contribution in [0.2, 0.25) is 0 Å². The highest BCUT2D eigenvalue weighted by atomic mass is 32.2. The number of carbonyl (C=O) groups excluding carboxylic acids is 1.